The molecule has 0 aliphatic carbocycles. The Labute approximate surface area is 323 Å². The SMILES string of the molecule is CCC/C=C\C/C=C\CCCCCCCC(=O)NC(COC1OC(CO)C(O)C(O)C1O)C(O)/C=C/CCCCCCCCCCCCCCCCC. The molecule has 1 aliphatic rings. The molecule has 53 heavy (non-hydrogen) atoms. The standard InChI is InChI=1S/C44H81NO8/c1-3-5-7-9-11-13-15-17-18-19-20-22-23-25-27-29-31-33-38(47)37(36-52-44-43(51)42(50)41(49)39(35-46)53-44)45-40(48)34-32-30-28-26-24-21-16-14-12-10-8-6-4-2/h8,10,14,16,31,33,37-39,41-44,46-47,49-51H,3-7,9,11-13,15,17-30,32,34-36H2,1-2H3,(H,45,48)/b10-8-,16-14-,33-31+. The van der Waals surface area contributed by atoms with Gasteiger partial charge in [-0.25, -0.2) is 0 Å². The maximum absolute atomic E-state index is 12.9. The molecule has 0 spiro atoms. The van der Waals surface area contributed by atoms with Crippen molar-refractivity contribution in [2.75, 3.05) is 13.2 Å². The van der Waals surface area contributed by atoms with E-state index in [4.69, 9.17) is 9.47 Å². The van der Waals surface area contributed by atoms with E-state index in [0.29, 0.717) is 6.42 Å². The first-order valence-corrected chi connectivity index (χ1v) is 21.7. The highest BCUT2D eigenvalue weighted by Gasteiger charge is 2.44. The summed E-state index contributed by atoms with van der Waals surface area (Å²) in [6.07, 6.45) is 34.7. The Hall–Kier alpha value is -1.59. The molecule has 6 N–H and O–H groups in total. The van der Waals surface area contributed by atoms with Crippen LogP contribution in [0.3, 0.4) is 0 Å². The Morgan fingerprint density at radius 2 is 1.15 bits per heavy atom. The van der Waals surface area contributed by atoms with Crippen LogP contribution in [-0.2, 0) is 14.3 Å². The van der Waals surface area contributed by atoms with Gasteiger partial charge < -0.3 is 40.3 Å². The number of carbonyl (C=O) groups excluding carboxylic acids is 1. The number of rotatable bonds is 35. The Balaban J connectivity index is 2.40. The third kappa shape index (κ3) is 26.0. The van der Waals surface area contributed by atoms with E-state index >= 15 is 0 Å². The highest BCUT2D eigenvalue weighted by Crippen LogP contribution is 2.22. The van der Waals surface area contributed by atoms with Crippen LogP contribution in [-0.4, -0.2) is 87.5 Å². The second kappa shape index (κ2) is 34.9. The van der Waals surface area contributed by atoms with Crippen molar-refractivity contribution in [3.63, 3.8) is 0 Å². The lowest BCUT2D eigenvalue weighted by Gasteiger charge is -2.40. The quantitative estimate of drug-likeness (QED) is 0.0279. The highest BCUT2D eigenvalue weighted by atomic mass is 16.7. The fourth-order valence-corrected chi connectivity index (χ4v) is 6.66. The number of aliphatic hydroxyl groups excluding tert-OH is 5. The van der Waals surface area contributed by atoms with Crippen LogP contribution in [0, 0.1) is 0 Å². The maximum Gasteiger partial charge on any atom is 0.220 e. The summed E-state index contributed by atoms with van der Waals surface area (Å²) in [4.78, 5) is 12.9. The molecule has 1 saturated heterocycles. The zero-order chi connectivity index (χ0) is 38.8. The van der Waals surface area contributed by atoms with Gasteiger partial charge in [0.2, 0.25) is 5.91 Å². The van der Waals surface area contributed by atoms with E-state index in [9.17, 15) is 30.3 Å². The van der Waals surface area contributed by atoms with Gasteiger partial charge in [-0.05, 0) is 44.9 Å². The first-order valence-electron chi connectivity index (χ1n) is 21.7. The number of unbranched alkanes of at least 4 members (excludes halogenated alkanes) is 21. The fourth-order valence-electron chi connectivity index (χ4n) is 6.66. The number of amides is 1. The van der Waals surface area contributed by atoms with Crippen LogP contribution in [0.2, 0.25) is 0 Å². The predicted molar refractivity (Wildman–Crippen MR) is 216 cm³/mol. The van der Waals surface area contributed by atoms with E-state index in [0.717, 1.165) is 70.6 Å². The smallest absolute Gasteiger partial charge is 0.220 e. The van der Waals surface area contributed by atoms with Crippen LogP contribution >= 0.6 is 0 Å². The molecule has 9 nitrogen and oxygen atoms in total. The third-order valence-electron chi connectivity index (χ3n) is 10.2. The summed E-state index contributed by atoms with van der Waals surface area (Å²) >= 11 is 0. The zero-order valence-corrected chi connectivity index (χ0v) is 33.8. The lowest BCUT2D eigenvalue weighted by atomic mass is 9.99. The zero-order valence-electron chi connectivity index (χ0n) is 33.8. The maximum atomic E-state index is 12.9. The topological polar surface area (TPSA) is 149 Å². The number of allylic oxidation sites excluding steroid dienone is 5. The van der Waals surface area contributed by atoms with Crippen molar-refractivity contribution in [2.24, 2.45) is 0 Å². The van der Waals surface area contributed by atoms with Gasteiger partial charge in [0.05, 0.1) is 25.4 Å². The van der Waals surface area contributed by atoms with Crippen LogP contribution in [0.25, 0.3) is 0 Å². The van der Waals surface area contributed by atoms with Crippen molar-refractivity contribution in [3.8, 4) is 0 Å². The van der Waals surface area contributed by atoms with Crippen LogP contribution < -0.4 is 5.32 Å². The molecule has 0 aromatic rings. The monoisotopic (exact) mass is 752 g/mol. The average molecular weight is 752 g/mol. The van der Waals surface area contributed by atoms with E-state index in [1.807, 2.05) is 6.08 Å². The van der Waals surface area contributed by atoms with Crippen LogP contribution in [0.1, 0.15) is 181 Å². The summed E-state index contributed by atoms with van der Waals surface area (Å²) < 4.78 is 11.2. The summed E-state index contributed by atoms with van der Waals surface area (Å²) in [5.74, 6) is -0.193. The first kappa shape index (κ1) is 49.4. The third-order valence-corrected chi connectivity index (χ3v) is 10.2. The molecule has 1 rings (SSSR count). The van der Waals surface area contributed by atoms with Crippen molar-refractivity contribution in [1.82, 2.24) is 5.32 Å². The van der Waals surface area contributed by atoms with Gasteiger partial charge in [0.1, 0.15) is 24.4 Å². The minimum absolute atomic E-state index is 0.193. The largest absolute Gasteiger partial charge is 0.394 e. The lowest BCUT2D eigenvalue weighted by Crippen LogP contribution is -2.60. The van der Waals surface area contributed by atoms with E-state index in [2.05, 4.69) is 43.5 Å². The van der Waals surface area contributed by atoms with Crippen molar-refractivity contribution >= 4 is 5.91 Å². The second-order valence-corrected chi connectivity index (χ2v) is 15.1. The molecule has 1 fully saturated rings. The Kier molecular flexibility index (Phi) is 32.5. The molecule has 310 valence electrons. The number of aliphatic hydroxyl groups is 5. The first-order chi connectivity index (χ1) is 25.8. The Bertz CT molecular complexity index is 925. The molecular formula is C44H81NO8. The fraction of sp³-hybridized carbons (Fsp3) is 0.841. The normalized spacial score (nSPS) is 22.0. The van der Waals surface area contributed by atoms with Gasteiger partial charge in [0.15, 0.2) is 6.29 Å². The van der Waals surface area contributed by atoms with Crippen molar-refractivity contribution in [2.45, 2.75) is 224 Å². The minimum Gasteiger partial charge on any atom is -0.394 e. The van der Waals surface area contributed by atoms with Crippen molar-refractivity contribution in [1.29, 1.82) is 0 Å². The van der Waals surface area contributed by atoms with Gasteiger partial charge in [0, 0.05) is 6.42 Å². The molecule has 1 aliphatic heterocycles. The summed E-state index contributed by atoms with van der Waals surface area (Å²) in [6, 6.07) is -0.809. The Morgan fingerprint density at radius 3 is 1.70 bits per heavy atom. The summed E-state index contributed by atoms with van der Waals surface area (Å²) in [6.45, 7) is 3.69. The van der Waals surface area contributed by atoms with Gasteiger partial charge in [-0.1, -0.05) is 166 Å². The average Bonchev–Trinajstić information content (AvgIpc) is 3.16. The number of nitrogens with one attached hydrogen (secondary N) is 1. The molecule has 0 aromatic carbocycles. The van der Waals surface area contributed by atoms with Crippen molar-refractivity contribution in [3.05, 3.63) is 36.5 Å². The molecule has 0 bridgehead atoms. The summed E-state index contributed by atoms with van der Waals surface area (Å²) in [5, 5.41) is 54.1. The summed E-state index contributed by atoms with van der Waals surface area (Å²) in [5.41, 5.74) is 0. The van der Waals surface area contributed by atoms with Gasteiger partial charge >= 0.3 is 0 Å². The lowest BCUT2D eigenvalue weighted by molar-refractivity contribution is -0.302. The predicted octanol–water partition coefficient (Wildman–Crippen LogP) is 8.50. The van der Waals surface area contributed by atoms with Crippen LogP contribution in [0.5, 0.6) is 0 Å². The van der Waals surface area contributed by atoms with E-state index in [1.165, 1.54) is 89.9 Å². The molecule has 0 aromatic heterocycles. The number of hydrogen-bond donors (Lipinski definition) is 6. The molecule has 9 heteroatoms. The number of carbonyl (C=O) groups is 1. The van der Waals surface area contributed by atoms with Crippen LogP contribution in [0.4, 0.5) is 0 Å². The van der Waals surface area contributed by atoms with Gasteiger partial charge in [-0.3, -0.25) is 4.79 Å². The molecule has 1 heterocycles. The van der Waals surface area contributed by atoms with E-state index in [-0.39, 0.29) is 12.5 Å². The minimum atomic E-state index is -1.57. The molecule has 7 unspecified atom stereocenters. The van der Waals surface area contributed by atoms with Crippen molar-refractivity contribution < 1.29 is 39.8 Å². The number of ether oxygens (including phenoxy) is 2. The molecule has 0 saturated carbocycles. The molecule has 1 amide bonds. The summed E-state index contributed by atoms with van der Waals surface area (Å²) in [7, 11) is 0. The van der Waals surface area contributed by atoms with E-state index < -0.39 is 49.5 Å². The van der Waals surface area contributed by atoms with Gasteiger partial charge in [-0.2, -0.15) is 0 Å². The molecule has 0 radical (unpaired) electrons. The van der Waals surface area contributed by atoms with E-state index in [1.54, 1.807) is 6.08 Å². The Morgan fingerprint density at radius 1 is 0.642 bits per heavy atom. The number of hydrogen-bond acceptors (Lipinski definition) is 8. The van der Waals surface area contributed by atoms with Crippen LogP contribution in [0.15, 0.2) is 36.5 Å². The molecule has 7 atom stereocenters. The van der Waals surface area contributed by atoms with Gasteiger partial charge in [0.25, 0.3) is 0 Å². The molecular weight excluding hydrogens is 670 g/mol. The van der Waals surface area contributed by atoms with Gasteiger partial charge in [-0.15, -0.1) is 0 Å². The second-order valence-electron chi connectivity index (χ2n) is 15.1. The highest BCUT2D eigenvalue weighted by molar-refractivity contribution is 5.76.